The third kappa shape index (κ3) is 2.23. The molecule has 1 aromatic heterocycles. The fourth-order valence-corrected chi connectivity index (χ4v) is 2.99. The first kappa shape index (κ1) is 11.5. The van der Waals surface area contributed by atoms with Gasteiger partial charge in [0.15, 0.2) is 0 Å². The average Bonchev–Trinajstić information content (AvgIpc) is 2.57. The molecule has 0 atom stereocenters. The zero-order valence-corrected chi connectivity index (χ0v) is 10.3. The summed E-state index contributed by atoms with van der Waals surface area (Å²) in [6.07, 6.45) is 1.89. The molecule has 0 saturated carbocycles. The van der Waals surface area contributed by atoms with Crippen molar-refractivity contribution in [2.75, 3.05) is 0 Å². The van der Waals surface area contributed by atoms with Gasteiger partial charge in [-0.2, -0.15) is 8.42 Å². The largest absolute Gasteiger partial charge is 0.294 e. The summed E-state index contributed by atoms with van der Waals surface area (Å²) >= 11 is 1.55. The molecule has 4 nitrogen and oxygen atoms in total. The number of hydrogen-bond acceptors (Lipinski definition) is 4. The van der Waals surface area contributed by atoms with E-state index in [0.29, 0.717) is 5.52 Å². The molecular weight excluding hydrogens is 246 g/mol. The summed E-state index contributed by atoms with van der Waals surface area (Å²) in [6.45, 7) is 2.07. The lowest BCUT2D eigenvalue weighted by molar-refractivity contribution is 0.483. The van der Waals surface area contributed by atoms with Crippen molar-refractivity contribution in [3.63, 3.8) is 0 Å². The zero-order valence-electron chi connectivity index (χ0n) is 8.67. The zero-order chi connectivity index (χ0) is 11.8. The Morgan fingerprint density at radius 3 is 2.81 bits per heavy atom. The topological polar surface area (TPSA) is 67.3 Å². The van der Waals surface area contributed by atoms with E-state index in [4.69, 9.17) is 4.55 Å². The lowest BCUT2D eigenvalue weighted by Crippen LogP contribution is -1.97. The standard InChI is InChI=1S/C10H11NO3S2/c1-2-3-10-11-8-6-7(16(12,13)14)4-5-9(8)15-10/h4-6H,2-3H2,1H3,(H,12,13,14). The second-order valence-corrected chi connectivity index (χ2v) is 6.00. The van der Waals surface area contributed by atoms with Crippen LogP contribution in [0.25, 0.3) is 10.2 Å². The fourth-order valence-electron chi connectivity index (χ4n) is 1.44. The van der Waals surface area contributed by atoms with Gasteiger partial charge in [0, 0.05) is 0 Å². The van der Waals surface area contributed by atoms with Gasteiger partial charge in [0.05, 0.1) is 20.1 Å². The molecule has 1 heterocycles. The summed E-state index contributed by atoms with van der Waals surface area (Å²) in [7, 11) is -4.13. The third-order valence-corrected chi connectivity index (χ3v) is 4.11. The summed E-state index contributed by atoms with van der Waals surface area (Å²) in [5, 5.41) is 0.991. The van der Waals surface area contributed by atoms with E-state index in [1.54, 1.807) is 17.4 Å². The van der Waals surface area contributed by atoms with Crippen LogP contribution in [0.4, 0.5) is 0 Å². The number of aromatic nitrogens is 1. The molecule has 2 rings (SSSR count). The Labute approximate surface area is 97.7 Å². The number of hydrogen-bond donors (Lipinski definition) is 1. The van der Waals surface area contributed by atoms with Crippen molar-refractivity contribution in [3.05, 3.63) is 23.2 Å². The second-order valence-electron chi connectivity index (χ2n) is 3.46. The maximum atomic E-state index is 10.9. The molecular formula is C10H11NO3S2. The van der Waals surface area contributed by atoms with Crippen molar-refractivity contribution in [1.29, 1.82) is 0 Å². The normalized spacial score (nSPS) is 12.1. The number of nitrogens with zero attached hydrogens (tertiary/aromatic N) is 1. The van der Waals surface area contributed by atoms with E-state index in [0.717, 1.165) is 22.5 Å². The lowest BCUT2D eigenvalue weighted by atomic mass is 10.3. The first-order valence-corrected chi connectivity index (χ1v) is 7.13. The van der Waals surface area contributed by atoms with E-state index in [1.807, 2.05) is 0 Å². The number of fused-ring (bicyclic) bond motifs is 1. The molecule has 0 bridgehead atoms. The lowest BCUT2D eigenvalue weighted by Gasteiger charge is -1.94. The Morgan fingerprint density at radius 1 is 1.44 bits per heavy atom. The number of rotatable bonds is 3. The Kier molecular flexibility index (Phi) is 2.96. The maximum absolute atomic E-state index is 10.9. The fraction of sp³-hybridized carbons (Fsp3) is 0.300. The Balaban J connectivity index is 2.54. The highest BCUT2D eigenvalue weighted by Gasteiger charge is 2.11. The molecule has 0 fully saturated rings. The molecule has 0 unspecified atom stereocenters. The summed E-state index contributed by atoms with van der Waals surface area (Å²) in [5.41, 5.74) is 0.628. The van der Waals surface area contributed by atoms with E-state index >= 15 is 0 Å². The molecule has 1 N–H and O–H groups in total. The molecule has 6 heteroatoms. The first-order valence-electron chi connectivity index (χ1n) is 4.87. The minimum atomic E-state index is -4.13. The maximum Gasteiger partial charge on any atom is 0.294 e. The van der Waals surface area contributed by atoms with Crippen LogP contribution in [0.3, 0.4) is 0 Å². The summed E-state index contributed by atoms with van der Waals surface area (Å²) < 4.78 is 31.7. The van der Waals surface area contributed by atoms with Crippen molar-refractivity contribution in [2.45, 2.75) is 24.7 Å². The van der Waals surface area contributed by atoms with Gasteiger partial charge >= 0.3 is 0 Å². The van der Waals surface area contributed by atoms with Gasteiger partial charge in [-0.15, -0.1) is 11.3 Å². The third-order valence-electron chi connectivity index (χ3n) is 2.17. The minimum Gasteiger partial charge on any atom is -0.282 e. The van der Waals surface area contributed by atoms with E-state index in [1.165, 1.54) is 12.1 Å². The molecule has 0 saturated heterocycles. The van der Waals surface area contributed by atoms with Crippen molar-refractivity contribution >= 4 is 31.7 Å². The van der Waals surface area contributed by atoms with Crippen LogP contribution in [0, 0.1) is 0 Å². The van der Waals surface area contributed by atoms with Gasteiger partial charge in [-0.25, -0.2) is 4.98 Å². The monoisotopic (exact) mass is 257 g/mol. The predicted molar refractivity (Wildman–Crippen MR) is 63.4 cm³/mol. The van der Waals surface area contributed by atoms with Gasteiger partial charge < -0.3 is 0 Å². The number of benzene rings is 1. The molecule has 1 aromatic carbocycles. The van der Waals surface area contributed by atoms with Crippen LogP contribution in [0.5, 0.6) is 0 Å². The van der Waals surface area contributed by atoms with E-state index < -0.39 is 10.1 Å². The van der Waals surface area contributed by atoms with Gasteiger partial charge in [0.25, 0.3) is 10.1 Å². The Morgan fingerprint density at radius 2 is 2.19 bits per heavy atom. The van der Waals surface area contributed by atoms with Crippen LogP contribution in [-0.4, -0.2) is 18.0 Å². The van der Waals surface area contributed by atoms with Gasteiger partial charge in [0.1, 0.15) is 0 Å². The van der Waals surface area contributed by atoms with Crippen LogP contribution in [-0.2, 0) is 16.5 Å². The van der Waals surface area contributed by atoms with Crippen LogP contribution in [0.15, 0.2) is 23.1 Å². The predicted octanol–water partition coefficient (Wildman–Crippen LogP) is 2.50. The van der Waals surface area contributed by atoms with Gasteiger partial charge in [-0.1, -0.05) is 6.92 Å². The molecule has 0 aliphatic rings. The molecule has 0 aliphatic heterocycles. The molecule has 2 aromatic rings. The Bertz CT molecular complexity index is 616. The van der Waals surface area contributed by atoms with E-state index in [2.05, 4.69) is 11.9 Å². The highest BCUT2D eigenvalue weighted by Crippen LogP contribution is 2.25. The SMILES string of the molecule is CCCc1nc2cc(S(=O)(=O)O)ccc2s1. The number of aryl methyl sites for hydroxylation is 1. The summed E-state index contributed by atoms with van der Waals surface area (Å²) in [6, 6.07) is 4.47. The Hall–Kier alpha value is -0.980. The first-order chi connectivity index (χ1) is 7.50. The van der Waals surface area contributed by atoms with Crippen molar-refractivity contribution < 1.29 is 13.0 Å². The molecule has 0 radical (unpaired) electrons. The number of thiazole rings is 1. The van der Waals surface area contributed by atoms with Crippen molar-refractivity contribution in [2.24, 2.45) is 0 Å². The van der Waals surface area contributed by atoms with Crippen LogP contribution < -0.4 is 0 Å². The smallest absolute Gasteiger partial charge is 0.282 e. The molecule has 0 amide bonds. The van der Waals surface area contributed by atoms with Gasteiger partial charge in [0.2, 0.25) is 0 Å². The second kappa shape index (κ2) is 4.12. The summed E-state index contributed by atoms with van der Waals surface area (Å²) in [4.78, 5) is 4.22. The van der Waals surface area contributed by atoms with E-state index in [9.17, 15) is 8.42 Å². The van der Waals surface area contributed by atoms with Gasteiger partial charge in [-0.3, -0.25) is 4.55 Å². The van der Waals surface area contributed by atoms with Crippen molar-refractivity contribution in [3.8, 4) is 0 Å². The highest BCUT2D eigenvalue weighted by atomic mass is 32.2. The van der Waals surface area contributed by atoms with Crippen LogP contribution in [0.2, 0.25) is 0 Å². The molecule has 0 spiro atoms. The van der Waals surface area contributed by atoms with Gasteiger partial charge in [-0.05, 0) is 31.0 Å². The highest BCUT2D eigenvalue weighted by molar-refractivity contribution is 7.85. The quantitative estimate of drug-likeness (QED) is 0.858. The molecule has 86 valence electrons. The van der Waals surface area contributed by atoms with Crippen molar-refractivity contribution in [1.82, 2.24) is 4.98 Å². The van der Waals surface area contributed by atoms with Crippen LogP contribution in [0.1, 0.15) is 18.4 Å². The molecule has 0 aliphatic carbocycles. The van der Waals surface area contributed by atoms with E-state index in [-0.39, 0.29) is 4.90 Å². The molecule has 16 heavy (non-hydrogen) atoms. The average molecular weight is 257 g/mol. The summed E-state index contributed by atoms with van der Waals surface area (Å²) in [5.74, 6) is 0. The minimum absolute atomic E-state index is 0.103. The van der Waals surface area contributed by atoms with Crippen LogP contribution >= 0.6 is 11.3 Å².